The molecule has 0 aromatic heterocycles. The molecule has 2 aliphatic rings. The van der Waals surface area contributed by atoms with Crippen molar-refractivity contribution in [1.82, 2.24) is 0 Å². The maximum atomic E-state index is 12.3. The van der Waals surface area contributed by atoms with Gasteiger partial charge in [-0.1, -0.05) is 6.07 Å². The number of rotatable bonds is 0. The Morgan fingerprint density at radius 1 is 1.24 bits per heavy atom. The van der Waals surface area contributed by atoms with Gasteiger partial charge in [-0.25, -0.2) is 8.42 Å². The van der Waals surface area contributed by atoms with Crippen molar-refractivity contribution in [3.63, 3.8) is 0 Å². The van der Waals surface area contributed by atoms with E-state index < -0.39 is 9.84 Å². The minimum Gasteiger partial charge on any atom is -0.324 e. The van der Waals surface area contributed by atoms with Crippen LogP contribution in [0.4, 0.5) is 0 Å². The molecule has 0 amide bonds. The SMILES string of the molecule is CC1CC(N)c2cc3c(cc2S1(=O)=O)CCC3. The van der Waals surface area contributed by atoms with E-state index in [9.17, 15) is 8.42 Å². The smallest absolute Gasteiger partial charge is 0.181 e. The third-order valence-electron chi connectivity index (χ3n) is 4.05. The Balaban J connectivity index is 2.27. The maximum absolute atomic E-state index is 12.3. The molecular weight excluding hydrogens is 234 g/mol. The topological polar surface area (TPSA) is 60.2 Å². The highest BCUT2D eigenvalue weighted by Crippen LogP contribution is 2.38. The lowest BCUT2D eigenvalue weighted by atomic mass is 9.98. The van der Waals surface area contributed by atoms with Gasteiger partial charge in [0, 0.05) is 6.04 Å². The molecule has 2 N–H and O–H groups in total. The molecule has 0 fully saturated rings. The van der Waals surface area contributed by atoms with Gasteiger partial charge in [0.25, 0.3) is 0 Å². The highest BCUT2D eigenvalue weighted by Gasteiger charge is 2.35. The molecule has 1 aromatic rings. The molecular formula is C13H17NO2S. The van der Waals surface area contributed by atoms with E-state index in [1.54, 1.807) is 6.92 Å². The summed E-state index contributed by atoms with van der Waals surface area (Å²) in [5, 5.41) is -0.357. The molecule has 0 spiro atoms. The summed E-state index contributed by atoms with van der Waals surface area (Å²) in [4.78, 5) is 0.490. The average Bonchev–Trinajstić information content (AvgIpc) is 2.72. The van der Waals surface area contributed by atoms with E-state index in [1.165, 1.54) is 11.1 Å². The van der Waals surface area contributed by atoms with Crippen molar-refractivity contribution in [1.29, 1.82) is 0 Å². The number of nitrogens with two attached hydrogens (primary N) is 1. The zero-order valence-electron chi connectivity index (χ0n) is 9.94. The van der Waals surface area contributed by atoms with Crippen LogP contribution in [0.3, 0.4) is 0 Å². The molecule has 92 valence electrons. The van der Waals surface area contributed by atoms with Gasteiger partial charge in [0.15, 0.2) is 9.84 Å². The Bertz CT molecular complexity index is 577. The number of aryl methyl sites for hydroxylation is 2. The van der Waals surface area contributed by atoms with E-state index in [0.29, 0.717) is 11.3 Å². The van der Waals surface area contributed by atoms with E-state index in [1.807, 2.05) is 12.1 Å². The first kappa shape index (κ1) is 11.2. The molecule has 1 aliphatic carbocycles. The molecule has 0 bridgehead atoms. The van der Waals surface area contributed by atoms with Gasteiger partial charge in [-0.2, -0.15) is 0 Å². The zero-order chi connectivity index (χ0) is 12.2. The molecule has 1 heterocycles. The lowest BCUT2D eigenvalue weighted by molar-refractivity contribution is 0.537. The number of sulfone groups is 1. The van der Waals surface area contributed by atoms with Crippen LogP contribution in [0.5, 0.6) is 0 Å². The fraction of sp³-hybridized carbons (Fsp3) is 0.538. The van der Waals surface area contributed by atoms with E-state index >= 15 is 0 Å². The van der Waals surface area contributed by atoms with Crippen molar-refractivity contribution < 1.29 is 8.42 Å². The predicted molar refractivity (Wildman–Crippen MR) is 66.7 cm³/mol. The van der Waals surface area contributed by atoms with E-state index in [2.05, 4.69) is 0 Å². The summed E-state index contributed by atoms with van der Waals surface area (Å²) >= 11 is 0. The van der Waals surface area contributed by atoms with Gasteiger partial charge in [0.05, 0.1) is 10.1 Å². The largest absolute Gasteiger partial charge is 0.324 e. The summed E-state index contributed by atoms with van der Waals surface area (Å²) in [6, 6.07) is 3.78. The van der Waals surface area contributed by atoms with Crippen LogP contribution in [0, 0.1) is 0 Å². The number of fused-ring (bicyclic) bond motifs is 2. The van der Waals surface area contributed by atoms with Crippen LogP contribution in [0.15, 0.2) is 17.0 Å². The number of hydrogen-bond donors (Lipinski definition) is 1. The molecule has 1 aromatic carbocycles. The van der Waals surface area contributed by atoms with Crippen LogP contribution in [-0.2, 0) is 22.7 Å². The normalized spacial score (nSPS) is 29.8. The Morgan fingerprint density at radius 2 is 1.88 bits per heavy atom. The second kappa shape index (κ2) is 3.56. The third-order valence-corrected chi connectivity index (χ3v) is 6.26. The maximum Gasteiger partial charge on any atom is 0.181 e. The first-order valence-electron chi connectivity index (χ1n) is 6.15. The number of hydrogen-bond acceptors (Lipinski definition) is 3. The molecule has 3 nitrogen and oxygen atoms in total. The Kier molecular flexibility index (Phi) is 2.35. The summed E-state index contributed by atoms with van der Waals surface area (Å²) in [5.74, 6) is 0. The molecule has 0 saturated heterocycles. The van der Waals surface area contributed by atoms with Gasteiger partial charge in [-0.15, -0.1) is 0 Å². The molecule has 2 unspecified atom stereocenters. The van der Waals surface area contributed by atoms with Crippen LogP contribution in [0.2, 0.25) is 0 Å². The summed E-state index contributed by atoms with van der Waals surface area (Å²) in [6.45, 7) is 1.76. The summed E-state index contributed by atoms with van der Waals surface area (Å²) < 4.78 is 24.6. The molecule has 1 aliphatic heterocycles. The Labute approximate surface area is 102 Å². The van der Waals surface area contributed by atoms with Crippen molar-refractivity contribution in [2.45, 2.75) is 48.8 Å². The third kappa shape index (κ3) is 1.54. The molecule has 2 atom stereocenters. The number of benzene rings is 1. The van der Waals surface area contributed by atoms with Crippen LogP contribution in [0.1, 0.15) is 42.5 Å². The zero-order valence-corrected chi connectivity index (χ0v) is 10.8. The highest BCUT2D eigenvalue weighted by molar-refractivity contribution is 7.92. The fourth-order valence-corrected chi connectivity index (χ4v) is 4.72. The second-order valence-electron chi connectivity index (χ2n) is 5.21. The van der Waals surface area contributed by atoms with Gasteiger partial charge in [0.2, 0.25) is 0 Å². The molecule has 0 saturated carbocycles. The van der Waals surface area contributed by atoms with Crippen LogP contribution in [-0.4, -0.2) is 13.7 Å². The molecule has 3 rings (SSSR count). The summed E-state index contributed by atoms with van der Waals surface area (Å²) in [7, 11) is -3.16. The molecule has 17 heavy (non-hydrogen) atoms. The van der Waals surface area contributed by atoms with Crippen molar-refractivity contribution >= 4 is 9.84 Å². The van der Waals surface area contributed by atoms with Crippen LogP contribution in [0.25, 0.3) is 0 Å². The first-order valence-corrected chi connectivity index (χ1v) is 7.70. The van der Waals surface area contributed by atoms with Gasteiger partial charge >= 0.3 is 0 Å². The average molecular weight is 251 g/mol. The Morgan fingerprint density at radius 3 is 2.59 bits per heavy atom. The predicted octanol–water partition coefficient (Wildman–Crippen LogP) is 1.74. The first-order chi connectivity index (χ1) is 8.00. The summed E-state index contributed by atoms with van der Waals surface area (Å²) in [5.41, 5.74) is 9.42. The van der Waals surface area contributed by atoms with E-state index in [-0.39, 0.29) is 11.3 Å². The van der Waals surface area contributed by atoms with Gasteiger partial charge in [-0.3, -0.25) is 0 Å². The minimum atomic E-state index is -3.16. The van der Waals surface area contributed by atoms with Gasteiger partial charge in [-0.05, 0) is 55.4 Å². The quantitative estimate of drug-likeness (QED) is 0.764. The fourth-order valence-electron chi connectivity index (χ4n) is 2.98. The Hall–Kier alpha value is -0.870. The molecule has 0 radical (unpaired) electrons. The van der Waals surface area contributed by atoms with Crippen molar-refractivity contribution in [2.75, 3.05) is 0 Å². The van der Waals surface area contributed by atoms with Crippen molar-refractivity contribution in [3.05, 3.63) is 28.8 Å². The lowest BCUT2D eigenvalue weighted by Crippen LogP contribution is -2.31. The summed E-state index contributed by atoms with van der Waals surface area (Å²) in [6.07, 6.45) is 3.73. The van der Waals surface area contributed by atoms with Crippen LogP contribution < -0.4 is 5.73 Å². The van der Waals surface area contributed by atoms with E-state index in [4.69, 9.17) is 5.73 Å². The van der Waals surface area contributed by atoms with Crippen LogP contribution >= 0.6 is 0 Å². The lowest BCUT2D eigenvalue weighted by Gasteiger charge is -2.28. The van der Waals surface area contributed by atoms with Gasteiger partial charge in [0.1, 0.15) is 0 Å². The van der Waals surface area contributed by atoms with Crippen molar-refractivity contribution in [2.24, 2.45) is 5.73 Å². The van der Waals surface area contributed by atoms with Gasteiger partial charge < -0.3 is 5.73 Å². The van der Waals surface area contributed by atoms with Crippen molar-refractivity contribution in [3.8, 4) is 0 Å². The standard InChI is InChI=1S/C13H17NO2S/c1-8-5-12(14)11-6-9-3-2-4-10(9)7-13(11)17(8,15)16/h6-8,12H,2-5,14H2,1H3. The molecule has 4 heteroatoms. The second-order valence-corrected chi connectivity index (χ2v) is 7.54. The minimum absolute atomic E-state index is 0.130. The highest BCUT2D eigenvalue weighted by atomic mass is 32.2. The monoisotopic (exact) mass is 251 g/mol. The van der Waals surface area contributed by atoms with E-state index in [0.717, 1.165) is 24.8 Å².